The lowest BCUT2D eigenvalue weighted by Crippen LogP contribution is -2.30. The number of hydrogen-bond acceptors (Lipinski definition) is 2. The largest absolute Gasteiger partial charge is 0.314 e. The molecule has 3 nitrogen and oxygen atoms in total. The molecule has 0 saturated heterocycles. The molecule has 4 heteroatoms. The van der Waals surface area contributed by atoms with E-state index in [4.69, 9.17) is 0 Å². The first kappa shape index (κ1) is 15.7. The fourth-order valence-electron chi connectivity index (χ4n) is 2.27. The van der Waals surface area contributed by atoms with Gasteiger partial charge < -0.3 is 5.32 Å². The van der Waals surface area contributed by atoms with E-state index >= 15 is 0 Å². The second-order valence-corrected chi connectivity index (χ2v) is 5.59. The Labute approximate surface area is 119 Å². The summed E-state index contributed by atoms with van der Waals surface area (Å²) >= 11 is 3.60. The van der Waals surface area contributed by atoms with Crippen LogP contribution in [0.25, 0.3) is 0 Å². The number of aromatic nitrogens is 2. The number of halogens is 1. The van der Waals surface area contributed by atoms with E-state index < -0.39 is 0 Å². The summed E-state index contributed by atoms with van der Waals surface area (Å²) in [5, 5.41) is 8.01. The molecular formula is C14H26BrN3. The zero-order chi connectivity index (χ0) is 13.4. The maximum atomic E-state index is 4.37. The normalized spacial score (nSPS) is 12.9. The van der Waals surface area contributed by atoms with Crippen LogP contribution < -0.4 is 5.32 Å². The molecule has 0 radical (unpaired) electrons. The van der Waals surface area contributed by atoms with Gasteiger partial charge in [0, 0.05) is 12.6 Å². The first-order chi connectivity index (χ1) is 8.72. The van der Waals surface area contributed by atoms with Gasteiger partial charge in [-0.1, -0.05) is 20.3 Å². The van der Waals surface area contributed by atoms with Crippen LogP contribution in [0, 0.1) is 0 Å². The monoisotopic (exact) mass is 315 g/mol. The van der Waals surface area contributed by atoms with E-state index in [9.17, 15) is 0 Å². The molecule has 0 aliphatic rings. The highest BCUT2D eigenvalue weighted by Gasteiger charge is 2.11. The lowest BCUT2D eigenvalue weighted by molar-refractivity contribution is 0.441. The zero-order valence-corrected chi connectivity index (χ0v) is 13.5. The van der Waals surface area contributed by atoms with Crippen LogP contribution in [0.3, 0.4) is 0 Å². The summed E-state index contributed by atoms with van der Waals surface area (Å²) in [5.74, 6) is 0. The lowest BCUT2D eigenvalue weighted by Gasteiger charge is -2.18. The number of nitrogens with zero attached hydrogens (tertiary/aromatic N) is 2. The van der Waals surface area contributed by atoms with E-state index in [2.05, 4.69) is 51.8 Å². The molecule has 1 aromatic heterocycles. The van der Waals surface area contributed by atoms with Gasteiger partial charge in [-0.05, 0) is 55.1 Å². The molecule has 18 heavy (non-hydrogen) atoms. The Hall–Kier alpha value is -0.350. The van der Waals surface area contributed by atoms with E-state index in [1.807, 2.05) is 6.20 Å². The van der Waals surface area contributed by atoms with E-state index in [1.54, 1.807) is 0 Å². The first-order valence-electron chi connectivity index (χ1n) is 7.16. The summed E-state index contributed by atoms with van der Waals surface area (Å²) in [4.78, 5) is 0. The van der Waals surface area contributed by atoms with Crippen molar-refractivity contribution in [3.05, 3.63) is 16.4 Å². The molecule has 0 bridgehead atoms. The van der Waals surface area contributed by atoms with Crippen LogP contribution in [0.4, 0.5) is 0 Å². The second kappa shape index (κ2) is 8.70. The summed E-state index contributed by atoms with van der Waals surface area (Å²) in [7, 11) is 0. The fraction of sp³-hybridized carbons (Fsp3) is 0.786. The van der Waals surface area contributed by atoms with Gasteiger partial charge in [0.1, 0.15) is 0 Å². The molecule has 104 valence electrons. The van der Waals surface area contributed by atoms with Gasteiger partial charge in [0.15, 0.2) is 0 Å². The van der Waals surface area contributed by atoms with Gasteiger partial charge in [0.05, 0.1) is 16.4 Å². The highest BCUT2D eigenvalue weighted by Crippen LogP contribution is 2.19. The topological polar surface area (TPSA) is 29.9 Å². The summed E-state index contributed by atoms with van der Waals surface area (Å²) in [6.07, 6.45) is 7.91. The van der Waals surface area contributed by atoms with Crippen molar-refractivity contribution in [3.63, 3.8) is 0 Å². The average Bonchev–Trinajstić information content (AvgIpc) is 2.73. The van der Waals surface area contributed by atoms with Crippen LogP contribution in [0.15, 0.2) is 10.7 Å². The van der Waals surface area contributed by atoms with Gasteiger partial charge in [-0.2, -0.15) is 5.10 Å². The fourth-order valence-corrected chi connectivity index (χ4v) is 2.76. The minimum absolute atomic E-state index is 0.641. The Kier molecular flexibility index (Phi) is 7.59. The van der Waals surface area contributed by atoms with Crippen LogP contribution >= 0.6 is 15.9 Å². The highest BCUT2D eigenvalue weighted by atomic mass is 79.9. The van der Waals surface area contributed by atoms with Gasteiger partial charge in [-0.15, -0.1) is 0 Å². The predicted molar refractivity (Wildman–Crippen MR) is 80.9 cm³/mol. The lowest BCUT2D eigenvalue weighted by atomic mass is 10.0. The number of nitrogens with one attached hydrogen (secondary N) is 1. The standard InChI is InChI=1S/C14H26BrN3/c1-4-7-12(16-10-5-2)8-9-14-13(15)11-17-18(14)6-3/h11-12,16H,4-10H2,1-3H3. The van der Waals surface area contributed by atoms with Crippen molar-refractivity contribution >= 4 is 15.9 Å². The minimum atomic E-state index is 0.641. The number of aryl methyl sites for hydroxylation is 1. The molecule has 0 fully saturated rings. The molecule has 1 rings (SSSR count). The Bertz CT molecular complexity index is 336. The summed E-state index contributed by atoms with van der Waals surface area (Å²) < 4.78 is 3.24. The molecule has 1 heterocycles. The molecule has 0 saturated carbocycles. The van der Waals surface area contributed by atoms with Crippen molar-refractivity contribution in [2.75, 3.05) is 6.54 Å². The molecule has 0 aliphatic heterocycles. The molecule has 0 spiro atoms. The van der Waals surface area contributed by atoms with Gasteiger partial charge in [-0.25, -0.2) is 0 Å². The van der Waals surface area contributed by atoms with E-state index in [0.717, 1.165) is 24.0 Å². The van der Waals surface area contributed by atoms with Crippen molar-refractivity contribution in [1.82, 2.24) is 15.1 Å². The minimum Gasteiger partial charge on any atom is -0.314 e. The SMILES string of the molecule is CCCNC(CCC)CCc1c(Br)cnn1CC. The summed E-state index contributed by atoms with van der Waals surface area (Å²) in [5.41, 5.74) is 1.33. The maximum absolute atomic E-state index is 4.37. The van der Waals surface area contributed by atoms with Gasteiger partial charge >= 0.3 is 0 Å². The molecule has 0 amide bonds. The van der Waals surface area contributed by atoms with Crippen molar-refractivity contribution < 1.29 is 0 Å². The Morgan fingerprint density at radius 3 is 2.67 bits per heavy atom. The highest BCUT2D eigenvalue weighted by molar-refractivity contribution is 9.10. The molecule has 1 unspecified atom stereocenters. The third-order valence-electron chi connectivity index (χ3n) is 3.25. The first-order valence-corrected chi connectivity index (χ1v) is 7.95. The predicted octanol–water partition coefficient (Wildman–Crippen LogP) is 3.77. The molecule has 0 aromatic carbocycles. The average molecular weight is 316 g/mol. The van der Waals surface area contributed by atoms with E-state index in [0.29, 0.717) is 6.04 Å². The third kappa shape index (κ3) is 4.73. The Morgan fingerprint density at radius 1 is 1.28 bits per heavy atom. The molecule has 1 atom stereocenters. The second-order valence-electron chi connectivity index (χ2n) is 4.73. The smallest absolute Gasteiger partial charge is 0.0635 e. The Balaban J connectivity index is 2.51. The molecular weight excluding hydrogens is 290 g/mol. The van der Waals surface area contributed by atoms with Crippen LogP contribution in [0.5, 0.6) is 0 Å². The van der Waals surface area contributed by atoms with Crippen LogP contribution in [0.2, 0.25) is 0 Å². The number of rotatable bonds is 9. The Morgan fingerprint density at radius 2 is 2.06 bits per heavy atom. The molecule has 0 aliphatic carbocycles. The molecule has 1 N–H and O–H groups in total. The maximum Gasteiger partial charge on any atom is 0.0635 e. The van der Waals surface area contributed by atoms with E-state index in [-0.39, 0.29) is 0 Å². The molecule has 1 aromatic rings. The van der Waals surface area contributed by atoms with Gasteiger partial charge in [0.2, 0.25) is 0 Å². The van der Waals surface area contributed by atoms with Gasteiger partial charge in [-0.3, -0.25) is 4.68 Å². The van der Waals surface area contributed by atoms with Gasteiger partial charge in [0.25, 0.3) is 0 Å². The van der Waals surface area contributed by atoms with Crippen LogP contribution in [-0.2, 0) is 13.0 Å². The van der Waals surface area contributed by atoms with E-state index in [1.165, 1.54) is 31.4 Å². The van der Waals surface area contributed by atoms with Crippen molar-refractivity contribution in [3.8, 4) is 0 Å². The van der Waals surface area contributed by atoms with Crippen molar-refractivity contribution in [2.24, 2.45) is 0 Å². The van der Waals surface area contributed by atoms with Crippen molar-refractivity contribution in [1.29, 1.82) is 0 Å². The summed E-state index contributed by atoms with van der Waals surface area (Å²) in [6.45, 7) is 8.69. The van der Waals surface area contributed by atoms with Crippen LogP contribution in [0.1, 0.15) is 52.1 Å². The van der Waals surface area contributed by atoms with Crippen molar-refractivity contribution in [2.45, 2.75) is 65.5 Å². The third-order valence-corrected chi connectivity index (χ3v) is 3.91. The number of hydrogen-bond donors (Lipinski definition) is 1. The quantitative estimate of drug-likeness (QED) is 0.751. The summed E-state index contributed by atoms with van der Waals surface area (Å²) in [6, 6.07) is 0.641. The zero-order valence-electron chi connectivity index (χ0n) is 11.9. The van der Waals surface area contributed by atoms with Crippen LogP contribution in [-0.4, -0.2) is 22.4 Å².